The van der Waals surface area contributed by atoms with Crippen LogP contribution in [-0.4, -0.2) is 145 Å². The lowest BCUT2D eigenvalue weighted by atomic mass is 9.72. The largest absolute Gasteiger partial charge is 0.300 e. The van der Waals surface area contributed by atoms with Gasteiger partial charge in [0.1, 0.15) is 0 Å². The molecule has 13 rings (SSSR count). The summed E-state index contributed by atoms with van der Waals surface area (Å²) in [5, 5.41) is 36.5. The Morgan fingerprint density at radius 1 is 0.203 bits per heavy atom. The van der Waals surface area contributed by atoms with Gasteiger partial charge in [0.15, 0.2) is 0 Å². The number of piperidine rings is 4. The van der Waals surface area contributed by atoms with E-state index in [2.05, 4.69) is 62.1 Å². The van der Waals surface area contributed by atoms with Crippen LogP contribution in [0.2, 0.25) is 0 Å². The van der Waals surface area contributed by atoms with Gasteiger partial charge in [-0.3, -0.25) is 62.1 Å². The van der Waals surface area contributed by atoms with Gasteiger partial charge in [0, 0.05) is 47.8 Å². The van der Waals surface area contributed by atoms with Crippen molar-refractivity contribution in [2.45, 2.75) is 228 Å². The lowest BCUT2D eigenvalue weighted by Crippen LogP contribution is -2.63. The van der Waals surface area contributed by atoms with Gasteiger partial charge in [-0.15, -0.1) is 0 Å². The van der Waals surface area contributed by atoms with Crippen molar-refractivity contribution >= 4 is 0 Å². The Bertz CT molecular complexity index is 1320. The molecule has 0 radical (unpaired) electrons. The second-order valence-corrected chi connectivity index (χ2v) is 24.5. The van der Waals surface area contributed by atoms with Gasteiger partial charge in [-0.2, -0.15) is 0 Å². The van der Waals surface area contributed by atoms with Gasteiger partial charge in [0.05, 0.1) is 49.3 Å². The predicted molar refractivity (Wildman–Crippen MR) is 256 cm³/mol. The maximum atomic E-state index is 4.60. The van der Waals surface area contributed by atoms with Crippen LogP contribution in [0.15, 0.2) is 0 Å². The van der Waals surface area contributed by atoms with E-state index in [0.29, 0.717) is 121 Å². The standard InChI is InChI=1S/C52H92N12/c1-5-25-61(26-6-1)37-21-13-17-33-41(37)49-53-45(33)58-50-43-35(19-15-23-39(43)63-29-9-3-10-30-63)47(55-50)60-52-44-36(20-16-24-40(44)64-31-11-4-12-32-64)48(56-52)59-51-42-34(46(54-51)57-49)18-14-22-38(42)62-27-7-2-8-28-62/h33-60H,1-32H2. The molecule has 64 heavy (non-hydrogen) atoms. The molecule has 12 unspecified atom stereocenters. The number of nitrogens with zero attached hydrogens (tertiary/aromatic N) is 4. The summed E-state index contributed by atoms with van der Waals surface area (Å²) < 4.78 is 0. The second kappa shape index (κ2) is 19.0. The minimum absolute atomic E-state index is 0.326. The zero-order chi connectivity index (χ0) is 42.1. The Balaban J connectivity index is 0.882. The van der Waals surface area contributed by atoms with Gasteiger partial charge in [-0.05, 0) is 179 Å². The van der Waals surface area contributed by atoms with Gasteiger partial charge in [-0.1, -0.05) is 51.4 Å². The van der Waals surface area contributed by atoms with Gasteiger partial charge in [-0.25, -0.2) is 0 Å². The van der Waals surface area contributed by atoms with E-state index in [1.54, 1.807) is 0 Å². The van der Waals surface area contributed by atoms with Gasteiger partial charge < -0.3 is 0 Å². The van der Waals surface area contributed by atoms with E-state index in [0.717, 1.165) is 0 Å². The molecule has 8 bridgehead atoms. The molecule has 12 heteroatoms. The Kier molecular flexibility index (Phi) is 12.9. The Morgan fingerprint density at radius 3 is 0.609 bits per heavy atom. The maximum Gasteiger partial charge on any atom is 0.0643 e. The molecule has 12 atom stereocenters. The summed E-state index contributed by atoms with van der Waals surface area (Å²) in [5.74, 6) is 5.16. The van der Waals surface area contributed by atoms with Crippen LogP contribution in [0.1, 0.15) is 154 Å². The molecule has 0 aromatic rings. The maximum absolute atomic E-state index is 4.60. The molecule has 0 aromatic carbocycles. The van der Waals surface area contributed by atoms with Gasteiger partial charge >= 0.3 is 0 Å². The summed E-state index contributed by atoms with van der Waals surface area (Å²) in [6.07, 6.45) is 35.9. The normalized spacial score (nSPS) is 52.1. The van der Waals surface area contributed by atoms with E-state index in [1.807, 2.05) is 0 Å². The second-order valence-electron chi connectivity index (χ2n) is 24.5. The molecule has 13 aliphatic rings. The fraction of sp³-hybridized carbons (Fsp3) is 1.00. The molecule has 4 saturated carbocycles. The van der Waals surface area contributed by atoms with E-state index in [9.17, 15) is 0 Å². The Labute approximate surface area is 388 Å². The first-order chi connectivity index (χ1) is 31.7. The minimum atomic E-state index is 0.326. The Hall–Kier alpha value is -0.480. The number of nitrogens with one attached hydrogen (secondary N) is 8. The molecule has 0 amide bonds. The van der Waals surface area contributed by atoms with Crippen LogP contribution in [0.4, 0.5) is 0 Å². The molecule has 12 nitrogen and oxygen atoms in total. The smallest absolute Gasteiger partial charge is 0.0643 e. The summed E-state index contributed by atoms with van der Waals surface area (Å²) >= 11 is 0. The number of likely N-dealkylation sites (tertiary alicyclic amines) is 4. The summed E-state index contributed by atoms with van der Waals surface area (Å²) in [5.41, 5.74) is 0. The molecule has 0 aromatic heterocycles. The van der Waals surface area contributed by atoms with Crippen LogP contribution in [0, 0.1) is 47.3 Å². The van der Waals surface area contributed by atoms with Crippen molar-refractivity contribution < 1.29 is 0 Å². The average Bonchev–Trinajstić information content (AvgIpc) is 4.11. The fourth-order valence-electron chi connectivity index (χ4n) is 18.9. The van der Waals surface area contributed by atoms with E-state index in [4.69, 9.17) is 0 Å². The van der Waals surface area contributed by atoms with Crippen molar-refractivity contribution in [3.63, 3.8) is 0 Å². The molecule has 9 saturated heterocycles. The monoisotopic (exact) mass is 885 g/mol. The van der Waals surface area contributed by atoms with Crippen molar-refractivity contribution in [2.75, 3.05) is 52.4 Å². The molecule has 9 heterocycles. The van der Waals surface area contributed by atoms with E-state index < -0.39 is 0 Å². The summed E-state index contributed by atoms with van der Waals surface area (Å²) in [6, 6.07) is 2.73. The van der Waals surface area contributed by atoms with E-state index in [1.165, 1.54) is 206 Å². The predicted octanol–water partition coefficient (Wildman–Crippen LogP) is 4.46. The summed E-state index contributed by atoms with van der Waals surface area (Å²) in [7, 11) is 0. The molecule has 0 spiro atoms. The molecule has 8 N–H and O–H groups in total. The van der Waals surface area contributed by atoms with E-state index in [-0.39, 0.29) is 0 Å². The highest BCUT2D eigenvalue weighted by atomic mass is 15.4. The van der Waals surface area contributed by atoms with Crippen LogP contribution in [0.3, 0.4) is 0 Å². The van der Waals surface area contributed by atoms with Gasteiger partial charge in [0.2, 0.25) is 0 Å². The van der Waals surface area contributed by atoms with Crippen LogP contribution >= 0.6 is 0 Å². The summed E-state index contributed by atoms with van der Waals surface area (Å²) in [6.45, 7) is 10.5. The highest BCUT2D eigenvalue weighted by molar-refractivity contribution is 5.14. The average molecular weight is 885 g/mol. The number of rotatable bonds is 4. The fourth-order valence-corrected chi connectivity index (χ4v) is 18.9. The topological polar surface area (TPSA) is 109 Å². The minimum Gasteiger partial charge on any atom is -0.300 e. The first kappa shape index (κ1) is 43.5. The highest BCUT2D eigenvalue weighted by Gasteiger charge is 2.59. The first-order valence-corrected chi connectivity index (χ1v) is 28.8. The lowest BCUT2D eigenvalue weighted by molar-refractivity contribution is 0.0279. The molecular weight excluding hydrogens is 793 g/mol. The molecule has 9 aliphatic heterocycles. The van der Waals surface area contributed by atoms with Crippen LogP contribution < -0.4 is 42.5 Å². The van der Waals surface area contributed by atoms with Crippen LogP contribution in [0.25, 0.3) is 0 Å². The third-order valence-electron chi connectivity index (χ3n) is 21.5. The number of hydrogen-bond acceptors (Lipinski definition) is 12. The van der Waals surface area contributed by atoms with Crippen molar-refractivity contribution in [1.29, 1.82) is 0 Å². The number of hydrogen-bond donors (Lipinski definition) is 8. The van der Waals surface area contributed by atoms with Crippen molar-refractivity contribution in [2.24, 2.45) is 47.3 Å². The third-order valence-corrected chi connectivity index (χ3v) is 21.5. The zero-order valence-corrected chi connectivity index (χ0v) is 40.0. The van der Waals surface area contributed by atoms with Crippen LogP contribution in [-0.2, 0) is 0 Å². The molecular formula is C52H92N12. The quantitative estimate of drug-likeness (QED) is 0.205. The Morgan fingerprint density at radius 2 is 0.406 bits per heavy atom. The summed E-state index contributed by atoms with van der Waals surface area (Å²) in [4.78, 5) is 11.9. The van der Waals surface area contributed by atoms with Crippen molar-refractivity contribution in [3.8, 4) is 0 Å². The SMILES string of the molecule is C1CCN(C2CCCC3C4NC(NC5NC(NC6NC(NC7NC(N4)C4C7CCCC4N4CCCCC4)C4C6CCCC4N4CCCCC4)C4C5CCCC4N4CCCCC4)C32)CC1. The highest BCUT2D eigenvalue weighted by Crippen LogP contribution is 2.49. The molecule has 4 aliphatic carbocycles. The van der Waals surface area contributed by atoms with Crippen molar-refractivity contribution in [3.05, 3.63) is 0 Å². The van der Waals surface area contributed by atoms with E-state index >= 15 is 0 Å². The van der Waals surface area contributed by atoms with Gasteiger partial charge in [0.25, 0.3) is 0 Å². The third kappa shape index (κ3) is 8.03. The molecule has 360 valence electrons. The zero-order valence-electron chi connectivity index (χ0n) is 40.0. The number of fused-ring (bicyclic) bond motifs is 20. The lowest BCUT2D eigenvalue weighted by Gasteiger charge is -2.47. The van der Waals surface area contributed by atoms with Crippen LogP contribution in [0.5, 0.6) is 0 Å². The first-order valence-electron chi connectivity index (χ1n) is 28.8. The van der Waals surface area contributed by atoms with Crippen molar-refractivity contribution in [1.82, 2.24) is 62.1 Å². The molecule has 13 fully saturated rings.